The molecule has 2 aliphatic heterocycles. The van der Waals surface area contributed by atoms with Gasteiger partial charge in [-0.15, -0.1) is 0 Å². The number of esters is 3. The number of ether oxygens (including phenoxy) is 7. The molecule has 18 nitrogen and oxygen atoms in total. The molecule has 0 radical (unpaired) electrons. The molecule has 7 N–H and O–H groups in total. The van der Waals surface area contributed by atoms with E-state index in [1.165, 1.54) is 6.92 Å². The highest BCUT2D eigenvalue weighted by Gasteiger charge is 2.54. The number of hydrogen-bond donors (Lipinski definition) is 7. The standard InChI is InChI=1S/C41H72O18/c1-5-6-15-18-28(46)21-33(49)58-39-38(55-27(4)45)34(50)31(22-42)56-41(39)59-37-32(24-53-26(3)44)57-40(36(52)35(37)51)54-23-29(47)19-16-13-11-9-7-8-10-12-14-17-20-30(48)25(2)43/h28-32,34-42,46-48,50-52H,5-24H2,1-4H3/t28?,29?,30?,31?,32?,34-,35+,36?,37-,38-,39?,40-,41+/m1/s1. The van der Waals surface area contributed by atoms with E-state index in [2.05, 4.69) is 0 Å². The molecule has 18 heteroatoms. The Morgan fingerprint density at radius 3 is 1.73 bits per heavy atom. The van der Waals surface area contributed by atoms with E-state index in [-0.39, 0.29) is 12.4 Å². The van der Waals surface area contributed by atoms with Crippen LogP contribution in [0.4, 0.5) is 0 Å². The summed E-state index contributed by atoms with van der Waals surface area (Å²) in [5, 5.41) is 73.9. The predicted molar refractivity (Wildman–Crippen MR) is 208 cm³/mol. The second-order valence-electron chi connectivity index (χ2n) is 15.8. The van der Waals surface area contributed by atoms with Crippen molar-refractivity contribution in [3.05, 3.63) is 0 Å². The molecule has 0 spiro atoms. The predicted octanol–water partition coefficient (Wildman–Crippen LogP) is 1.64. The molecule has 0 aromatic heterocycles. The number of rotatable bonds is 30. The van der Waals surface area contributed by atoms with Crippen molar-refractivity contribution >= 4 is 23.7 Å². The molecule has 7 unspecified atom stereocenters. The number of hydrogen-bond acceptors (Lipinski definition) is 18. The van der Waals surface area contributed by atoms with Gasteiger partial charge in [-0.1, -0.05) is 90.4 Å². The third-order valence-electron chi connectivity index (χ3n) is 10.5. The van der Waals surface area contributed by atoms with Crippen molar-refractivity contribution in [2.75, 3.05) is 19.8 Å². The highest BCUT2D eigenvalue weighted by atomic mass is 16.8. The highest BCUT2D eigenvalue weighted by Crippen LogP contribution is 2.33. The number of ketones is 1. The SMILES string of the molecule is CCCCCC(O)CC(=O)OC1[C@H](O[C@@H]2C(COC(C)=O)O[C@@H](OCC(O)CCCCCCCCCCCCC(O)C(C)=O)C(O)[C@@H]2O)OC(CO)[C@@H](O)[C@H]1OC(C)=O. The van der Waals surface area contributed by atoms with Crippen molar-refractivity contribution in [3.63, 3.8) is 0 Å². The fraction of sp³-hybridized carbons (Fsp3) is 0.902. The quantitative estimate of drug-likeness (QED) is 0.0307. The second kappa shape index (κ2) is 29.0. The normalized spacial score (nSPS) is 28.7. The van der Waals surface area contributed by atoms with Crippen LogP contribution in [0.1, 0.15) is 137 Å². The van der Waals surface area contributed by atoms with E-state index in [9.17, 15) is 54.9 Å². The van der Waals surface area contributed by atoms with Gasteiger partial charge in [0.25, 0.3) is 0 Å². The van der Waals surface area contributed by atoms with Crippen LogP contribution in [0, 0.1) is 0 Å². The molecule has 0 aromatic carbocycles. The third kappa shape index (κ3) is 19.9. The molecule has 2 rings (SSSR count). The Morgan fingerprint density at radius 2 is 1.17 bits per heavy atom. The largest absolute Gasteiger partial charge is 0.463 e. The first-order chi connectivity index (χ1) is 28.1. The van der Waals surface area contributed by atoms with Gasteiger partial charge in [0.15, 0.2) is 30.6 Å². The van der Waals surface area contributed by atoms with E-state index in [0.29, 0.717) is 25.7 Å². The molecule has 0 aliphatic carbocycles. The smallest absolute Gasteiger partial charge is 0.309 e. The third-order valence-corrected chi connectivity index (χ3v) is 10.5. The molecule has 0 aromatic rings. The van der Waals surface area contributed by atoms with Gasteiger partial charge in [-0.3, -0.25) is 19.2 Å². The first kappa shape index (κ1) is 52.8. The summed E-state index contributed by atoms with van der Waals surface area (Å²) in [6.45, 7) is 4.00. The topological polar surface area (TPSA) is 274 Å². The molecule has 2 fully saturated rings. The van der Waals surface area contributed by atoms with Gasteiger partial charge in [-0.2, -0.15) is 0 Å². The molecule has 2 heterocycles. The van der Waals surface area contributed by atoms with Gasteiger partial charge in [-0.25, -0.2) is 0 Å². The second-order valence-corrected chi connectivity index (χ2v) is 15.8. The van der Waals surface area contributed by atoms with E-state index in [1.54, 1.807) is 0 Å². The van der Waals surface area contributed by atoms with Crippen molar-refractivity contribution in [3.8, 4) is 0 Å². The summed E-state index contributed by atoms with van der Waals surface area (Å²) in [5.41, 5.74) is 0. The maximum absolute atomic E-state index is 13.0. The minimum atomic E-state index is -1.82. The van der Waals surface area contributed by atoms with E-state index in [0.717, 1.165) is 90.9 Å². The number of aliphatic hydroxyl groups excluding tert-OH is 7. The first-order valence-electron chi connectivity index (χ1n) is 21.4. The van der Waals surface area contributed by atoms with Gasteiger partial charge in [-0.05, 0) is 26.2 Å². The van der Waals surface area contributed by atoms with Gasteiger partial charge in [0.1, 0.15) is 49.3 Å². The molecule has 0 saturated carbocycles. The maximum Gasteiger partial charge on any atom is 0.309 e. The zero-order chi connectivity index (χ0) is 43.9. The highest BCUT2D eigenvalue weighted by molar-refractivity contribution is 5.80. The Bertz CT molecular complexity index is 1200. The average molecular weight is 853 g/mol. The monoisotopic (exact) mass is 852 g/mol. The van der Waals surface area contributed by atoms with Gasteiger partial charge in [0.2, 0.25) is 0 Å². The fourth-order valence-electron chi connectivity index (χ4n) is 7.05. The number of carbonyl (C=O) groups is 4. The van der Waals surface area contributed by atoms with Crippen molar-refractivity contribution in [1.29, 1.82) is 0 Å². The van der Waals surface area contributed by atoms with Crippen LogP contribution in [0.2, 0.25) is 0 Å². The molecule has 2 aliphatic rings. The Balaban J connectivity index is 1.99. The Hall–Kier alpha value is -2.36. The summed E-state index contributed by atoms with van der Waals surface area (Å²) < 4.78 is 39.3. The first-order valence-corrected chi connectivity index (χ1v) is 21.4. The van der Waals surface area contributed by atoms with Crippen LogP contribution in [0.5, 0.6) is 0 Å². The summed E-state index contributed by atoms with van der Waals surface area (Å²) in [6, 6.07) is 0. The van der Waals surface area contributed by atoms with E-state index in [1.807, 2.05) is 6.92 Å². The number of aliphatic hydroxyl groups is 7. The number of unbranched alkanes of at least 4 members (excludes halogenated alkanes) is 11. The Labute approximate surface area is 347 Å². The van der Waals surface area contributed by atoms with Crippen LogP contribution in [0.15, 0.2) is 0 Å². The molecular formula is C41H72O18. The molecule has 13 atom stereocenters. The van der Waals surface area contributed by atoms with Crippen molar-refractivity contribution in [2.45, 2.75) is 217 Å². The lowest BCUT2D eigenvalue weighted by atomic mass is 9.96. The summed E-state index contributed by atoms with van der Waals surface area (Å²) in [5.74, 6) is -2.73. The van der Waals surface area contributed by atoms with E-state index < -0.39 is 117 Å². The van der Waals surface area contributed by atoms with Crippen LogP contribution in [-0.2, 0) is 52.3 Å². The zero-order valence-electron chi connectivity index (χ0n) is 35.3. The fourth-order valence-corrected chi connectivity index (χ4v) is 7.05. The van der Waals surface area contributed by atoms with Gasteiger partial charge >= 0.3 is 17.9 Å². The van der Waals surface area contributed by atoms with E-state index >= 15 is 0 Å². The van der Waals surface area contributed by atoms with Crippen molar-refractivity contribution in [1.82, 2.24) is 0 Å². The molecule has 344 valence electrons. The molecule has 0 amide bonds. The van der Waals surface area contributed by atoms with Gasteiger partial charge < -0.3 is 68.9 Å². The van der Waals surface area contributed by atoms with E-state index in [4.69, 9.17) is 33.2 Å². The van der Waals surface area contributed by atoms with Crippen molar-refractivity contribution < 1.29 is 88.1 Å². The van der Waals surface area contributed by atoms with Crippen LogP contribution in [-0.4, -0.2) is 159 Å². The van der Waals surface area contributed by atoms with Crippen LogP contribution < -0.4 is 0 Å². The minimum Gasteiger partial charge on any atom is -0.463 e. The summed E-state index contributed by atoms with van der Waals surface area (Å²) in [7, 11) is 0. The Morgan fingerprint density at radius 1 is 0.610 bits per heavy atom. The summed E-state index contributed by atoms with van der Waals surface area (Å²) >= 11 is 0. The lowest BCUT2D eigenvalue weighted by Crippen LogP contribution is -2.66. The van der Waals surface area contributed by atoms with Crippen LogP contribution in [0.3, 0.4) is 0 Å². The molecule has 2 saturated heterocycles. The maximum atomic E-state index is 13.0. The summed E-state index contributed by atoms with van der Waals surface area (Å²) in [6.07, 6.45) is -6.01. The number of carbonyl (C=O) groups excluding carboxylic acids is 4. The zero-order valence-corrected chi connectivity index (χ0v) is 35.3. The lowest BCUT2D eigenvalue weighted by Gasteiger charge is -2.47. The molecule has 0 bridgehead atoms. The minimum absolute atomic E-state index is 0.190. The van der Waals surface area contributed by atoms with Crippen molar-refractivity contribution in [2.24, 2.45) is 0 Å². The molecular weight excluding hydrogens is 780 g/mol. The Kier molecular flexibility index (Phi) is 26.0. The summed E-state index contributed by atoms with van der Waals surface area (Å²) in [4.78, 5) is 48.0. The van der Waals surface area contributed by atoms with Crippen LogP contribution in [0.25, 0.3) is 0 Å². The van der Waals surface area contributed by atoms with Crippen LogP contribution >= 0.6 is 0 Å². The lowest BCUT2D eigenvalue weighted by molar-refractivity contribution is -0.361. The molecule has 59 heavy (non-hydrogen) atoms. The number of Topliss-reactive ketones (excluding diaryl/α,β-unsaturated/α-hetero) is 1. The van der Waals surface area contributed by atoms with Gasteiger partial charge in [0, 0.05) is 13.8 Å². The average Bonchev–Trinajstić information content (AvgIpc) is 3.18. The van der Waals surface area contributed by atoms with Gasteiger partial charge in [0.05, 0.1) is 31.8 Å².